The molecule has 0 aliphatic heterocycles. The van der Waals surface area contributed by atoms with Crippen LogP contribution in [0.3, 0.4) is 0 Å². The summed E-state index contributed by atoms with van der Waals surface area (Å²) in [6.45, 7) is 0. The maximum absolute atomic E-state index is 13.0. The van der Waals surface area contributed by atoms with Gasteiger partial charge >= 0.3 is 0 Å². The highest BCUT2D eigenvalue weighted by Crippen LogP contribution is 2.38. The van der Waals surface area contributed by atoms with Crippen LogP contribution < -0.4 is 10.1 Å². The maximum Gasteiger partial charge on any atom is 0.225 e. The molecular weight excluding hydrogens is 374 g/mol. The van der Waals surface area contributed by atoms with Crippen molar-refractivity contribution >= 4 is 16.7 Å². The number of phenols is 1. The van der Waals surface area contributed by atoms with Gasteiger partial charge in [0.05, 0.1) is 19.6 Å². The largest absolute Gasteiger partial charge is 0.508 e. The lowest BCUT2D eigenvalue weighted by Crippen LogP contribution is -2.31. The first-order valence-corrected chi connectivity index (χ1v) is 9.84. The molecule has 0 fully saturated rings. The fraction of sp³-hybridized carbons (Fsp3) is 0.115. The number of ether oxygens (including phenoxy) is 1. The van der Waals surface area contributed by atoms with E-state index in [2.05, 4.69) is 5.32 Å². The number of hydrogen-bond donors (Lipinski definition) is 2. The van der Waals surface area contributed by atoms with Crippen LogP contribution in [0.25, 0.3) is 10.8 Å². The van der Waals surface area contributed by atoms with Gasteiger partial charge in [0.1, 0.15) is 11.5 Å². The zero-order valence-corrected chi connectivity index (χ0v) is 16.7. The first-order valence-electron chi connectivity index (χ1n) is 9.84. The van der Waals surface area contributed by atoms with Gasteiger partial charge in [-0.05, 0) is 28.5 Å². The minimum absolute atomic E-state index is 0.129. The summed E-state index contributed by atoms with van der Waals surface area (Å²) in [6.07, 6.45) is 0.248. The molecule has 0 aliphatic carbocycles. The van der Waals surface area contributed by atoms with Crippen LogP contribution in [-0.4, -0.2) is 18.1 Å². The number of fused-ring (bicyclic) bond motifs is 1. The molecule has 30 heavy (non-hydrogen) atoms. The number of phenolic OH excluding ortho intramolecular Hbond substituents is 1. The fourth-order valence-electron chi connectivity index (χ4n) is 3.79. The monoisotopic (exact) mass is 397 g/mol. The predicted molar refractivity (Wildman–Crippen MR) is 119 cm³/mol. The van der Waals surface area contributed by atoms with Crippen LogP contribution in [0, 0.1) is 0 Å². The van der Waals surface area contributed by atoms with Crippen LogP contribution in [0.1, 0.15) is 22.7 Å². The van der Waals surface area contributed by atoms with E-state index >= 15 is 0 Å². The molecule has 0 aromatic heterocycles. The number of hydrogen-bond acceptors (Lipinski definition) is 3. The summed E-state index contributed by atoms with van der Waals surface area (Å²) < 4.78 is 5.57. The molecule has 0 bridgehead atoms. The first kappa shape index (κ1) is 19.5. The summed E-state index contributed by atoms with van der Waals surface area (Å²) in [5.74, 6) is 0.643. The Bertz CT molecular complexity index is 1170. The third kappa shape index (κ3) is 3.98. The van der Waals surface area contributed by atoms with Gasteiger partial charge in [-0.15, -0.1) is 0 Å². The standard InChI is InChI=1S/C26H23NO3/c1-30-23-14-8-7-13-21(23)26(27-24(29)17-18-9-3-2-4-10-18)25-20-12-6-5-11-19(20)15-16-22(25)28/h2-16,26,28H,17H2,1H3,(H,27,29)/t26-/m1/s1. The van der Waals surface area contributed by atoms with E-state index in [-0.39, 0.29) is 18.1 Å². The lowest BCUT2D eigenvalue weighted by atomic mass is 9.92. The third-order valence-corrected chi connectivity index (χ3v) is 5.20. The quantitative estimate of drug-likeness (QED) is 0.481. The molecule has 4 heteroatoms. The molecule has 0 unspecified atom stereocenters. The van der Waals surface area contributed by atoms with Crippen molar-refractivity contribution in [2.24, 2.45) is 0 Å². The van der Waals surface area contributed by atoms with E-state index in [0.29, 0.717) is 11.3 Å². The van der Waals surface area contributed by atoms with Crippen molar-refractivity contribution in [3.8, 4) is 11.5 Å². The number of nitrogens with one attached hydrogen (secondary N) is 1. The van der Waals surface area contributed by atoms with Gasteiger partial charge in [-0.2, -0.15) is 0 Å². The fourth-order valence-corrected chi connectivity index (χ4v) is 3.79. The third-order valence-electron chi connectivity index (χ3n) is 5.20. The average Bonchev–Trinajstić information content (AvgIpc) is 2.78. The van der Waals surface area contributed by atoms with Crippen molar-refractivity contribution in [1.82, 2.24) is 5.32 Å². The maximum atomic E-state index is 13.0. The second-order valence-corrected chi connectivity index (χ2v) is 7.12. The summed E-state index contributed by atoms with van der Waals surface area (Å²) in [5, 5.41) is 15.8. The molecule has 0 saturated heterocycles. The van der Waals surface area contributed by atoms with Gasteiger partial charge in [0, 0.05) is 11.1 Å². The number of amides is 1. The van der Waals surface area contributed by atoms with Gasteiger partial charge in [0.25, 0.3) is 0 Å². The highest BCUT2D eigenvalue weighted by atomic mass is 16.5. The van der Waals surface area contributed by atoms with Crippen molar-refractivity contribution < 1.29 is 14.6 Å². The molecule has 0 saturated carbocycles. The SMILES string of the molecule is COc1ccccc1[C@@H](NC(=O)Cc1ccccc1)c1c(O)ccc2ccccc12. The van der Waals surface area contributed by atoms with Crippen molar-refractivity contribution in [2.75, 3.05) is 7.11 Å². The Kier molecular flexibility index (Phi) is 5.66. The van der Waals surface area contributed by atoms with E-state index in [0.717, 1.165) is 21.9 Å². The summed E-state index contributed by atoms with van der Waals surface area (Å²) in [5.41, 5.74) is 2.36. The van der Waals surface area contributed by atoms with Crippen molar-refractivity contribution in [2.45, 2.75) is 12.5 Å². The molecule has 2 N–H and O–H groups in total. The van der Waals surface area contributed by atoms with Crippen molar-refractivity contribution in [3.05, 3.63) is 108 Å². The second-order valence-electron chi connectivity index (χ2n) is 7.12. The Balaban J connectivity index is 1.81. The van der Waals surface area contributed by atoms with Gasteiger partial charge in [-0.25, -0.2) is 0 Å². The molecule has 0 heterocycles. The van der Waals surface area contributed by atoms with E-state index < -0.39 is 6.04 Å². The minimum Gasteiger partial charge on any atom is -0.508 e. The van der Waals surface area contributed by atoms with E-state index in [1.165, 1.54) is 0 Å². The molecule has 1 atom stereocenters. The smallest absolute Gasteiger partial charge is 0.225 e. The molecule has 1 amide bonds. The van der Waals surface area contributed by atoms with Crippen molar-refractivity contribution in [1.29, 1.82) is 0 Å². The van der Waals surface area contributed by atoms with E-state index in [1.54, 1.807) is 13.2 Å². The lowest BCUT2D eigenvalue weighted by molar-refractivity contribution is -0.120. The zero-order chi connectivity index (χ0) is 20.9. The Hall–Kier alpha value is -3.79. The normalized spacial score (nSPS) is 11.8. The molecule has 4 nitrogen and oxygen atoms in total. The molecular formula is C26H23NO3. The van der Waals surface area contributed by atoms with Crippen LogP contribution in [0.15, 0.2) is 91.0 Å². The molecule has 150 valence electrons. The first-order chi connectivity index (χ1) is 14.7. The van der Waals surface area contributed by atoms with Crippen molar-refractivity contribution in [3.63, 3.8) is 0 Å². The van der Waals surface area contributed by atoms with Crippen LogP contribution in [0.4, 0.5) is 0 Å². The van der Waals surface area contributed by atoms with Crippen LogP contribution >= 0.6 is 0 Å². The van der Waals surface area contributed by atoms with E-state index in [9.17, 15) is 9.90 Å². The predicted octanol–water partition coefficient (Wildman–Crippen LogP) is 5.00. The summed E-state index contributed by atoms with van der Waals surface area (Å²) in [4.78, 5) is 13.0. The summed E-state index contributed by atoms with van der Waals surface area (Å²) in [6, 6.07) is 27.9. The number of rotatable bonds is 6. The number of methoxy groups -OCH3 is 1. The Morgan fingerprint density at radius 1 is 0.900 bits per heavy atom. The molecule has 0 aliphatic rings. The minimum atomic E-state index is -0.566. The van der Waals surface area contributed by atoms with E-state index in [1.807, 2.05) is 84.9 Å². The topological polar surface area (TPSA) is 58.6 Å². The zero-order valence-electron chi connectivity index (χ0n) is 16.7. The van der Waals surface area contributed by atoms with E-state index in [4.69, 9.17) is 4.74 Å². The Morgan fingerprint density at radius 3 is 2.40 bits per heavy atom. The highest BCUT2D eigenvalue weighted by molar-refractivity contribution is 5.90. The lowest BCUT2D eigenvalue weighted by Gasteiger charge is -2.24. The van der Waals surface area contributed by atoms with Crippen LogP contribution in [0.2, 0.25) is 0 Å². The molecule has 0 spiro atoms. The van der Waals surface area contributed by atoms with Gasteiger partial charge in [-0.3, -0.25) is 4.79 Å². The number of benzene rings is 4. The highest BCUT2D eigenvalue weighted by Gasteiger charge is 2.25. The summed E-state index contributed by atoms with van der Waals surface area (Å²) >= 11 is 0. The number of para-hydroxylation sites is 1. The van der Waals surface area contributed by atoms with Crippen LogP contribution in [-0.2, 0) is 11.2 Å². The second kappa shape index (κ2) is 8.70. The van der Waals surface area contributed by atoms with Gasteiger partial charge in [0.2, 0.25) is 5.91 Å². The van der Waals surface area contributed by atoms with Gasteiger partial charge < -0.3 is 15.2 Å². The summed E-state index contributed by atoms with van der Waals surface area (Å²) in [7, 11) is 1.60. The number of carbonyl (C=O) groups excluding carboxylic acids is 1. The van der Waals surface area contributed by atoms with Crippen LogP contribution in [0.5, 0.6) is 11.5 Å². The number of aromatic hydroxyl groups is 1. The van der Waals surface area contributed by atoms with Gasteiger partial charge in [0.15, 0.2) is 0 Å². The Morgan fingerprint density at radius 2 is 1.60 bits per heavy atom. The average molecular weight is 397 g/mol. The number of carbonyl (C=O) groups is 1. The van der Waals surface area contributed by atoms with Gasteiger partial charge in [-0.1, -0.05) is 78.9 Å². The molecule has 4 aromatic rings. The molecule has 4 rings (SSSR count). The molecule has 0 radical (unpaired) electrons. The Labute approximate surface area is 175 Å². The molecule has 4 aromatic carbocycles.